The third kappa shape index (κ3) is 5.23. The Morgan fingerprint density at radius 1 is 1.48 bits per heavy atom. The molecule has 0 spiro atoms. The highest BCUT2D eigenvalue weighted by Gasteiger charge is 2.34. The normalized spacial score (nSPS) is 19.6. The zero-order valence-electron chi connectivity index (χ0n) is 12.7. The number of rotatable bonds is 5. The Kier molecular flexibility index (Phi) is 6.11. The summed E-state index contributed by atoms with van der Waals surface area (Å²) in [6.45, 7) is 0. The number of hydrogen-bond donors (Lipinski definition) is 2. The lowest BCUT2D eigenvalue weighted by Crippen LogP contribution is -2.26. The molecule has 1 aromatic carbocycles. The summed E-state index contributed by atoms with van der Waals surface area (Å²) >= 11 is 2.05. The Balaban J connectivity index is 2.17. The van der Waals surface area contributed by atoms with E-state index in [2.05, 4.69) is 15.5 Å². The van der Waals surface area contributed by atoms with Gasteiger partial charge in [0.15, 0.2) is 5.17 Å². The summed E-state index contributed by atoms with van der Waals surface area (Å²) in [4.78, 5) is 22.6. The Morgan fingerprint density at radius 2 is 2.20 bits per heavy atom. The minimum atomic E-state index is -4.54. The Hall–Kier alpha value is -2.01. The van der Waals surface area contributed by atoms with Crippen LogP contribution in [0.4, 0.5) is 13.2 Å². The molecule has 0 bridgehead atoms. The van der Waals surface area contributed by atoms with Crippen molar-refractivity contribution in [1.82, 2.24) is 5.32 Å². The third-order valence-corrected chi connectivity index (χ3v) is 4.85. The number of hydrogen-bond acceptors (Lipinski definition) is 6. The Morgan fingerprint density at radius 3 is 2.80 bits per heavy atom. The smallest absolute Gasteiger partial charge is 0.417 e. The van der Waals surface area contributed by atoms with E-state index in [1.807, 2.05) is 0 Å². The lowest BCUT2D eigenvalue weighted by molar-refractivity contribution is -0.138. The topological polar surface area (TPSA) is 91.1 Å². The van der Waals surface area contributed by atoms with Crippen LogP contribution in [-0.4, -0.2) is 39.9 Å². The molecule has 25 heavy (non-hydrogen) atoms. The van der Waals surface area contributed by atoms with E-state index in [4.69, 9.17) is 5.11 Å². The van der Waals surface area contributed by atoms with Crippen molar-refractivity contribution in [3.63, 3.8) is 0 Å². The number of halogens is 3. The van der Waals surface area contributed by atoms with E-state index in [1.165, 1.54) is 23.9 Å². The predicted molar refractivity (Wildman–Crippen MR) is 90.0 cm³/mol. The minimum Gasteiger partial charge on any atom is -0.481 e. The van der Waals surface area contributed by atoms with Gasteiger partial charge in [0.05, 0.1) is 18.2 Å². The molecule has 0 aromatic heterocycles. The van der Waals surface area contributed by atoms with Gasteiger partial charge in [-0.15, -0.1) is 16.9 Å². The molecule has 11 heteroatoms. The molecule has 1 aromatic rings. The quantitative estimate of drug-likeness (QED) is 0.458. The highest BCUT2D eigenvalue weighted by Crippen LogP contribution is 2.33. The van der Waals surface area contributed by atoms with E-state index >= 15 is 0 Å². The molecule has 6 nitrogen and oxygen atoms in total. The number of carboxylic acids is 1. The molecule has 1 amide bonds. The van der Waals surface area contributed by atoms with Gasteiger partial charge in [0.1, 0.15) is 5.25 Å². The van der Waals surface area contributed by atoms with Crippen molar-refractivity contribution in [1.29, 1.82) is 0 Å². The fourth-order valence-electron chi connectivity index (χ4n) is 1.91. The second-order valence-electron chi connectivity index (χ2n) is 4.79. The molecular weight excluding hydrogens is 379 g/mol. The molecule has 1 heterocycles. The summed E-state index contributed by atoms with van der Waals surface area (Å²) in [5.74, 6) is -1.66. The number of carbonyl (C=O) groups excluding carboxylic acids is 1. The van der Waals surface area contributed by atoms with Crippen LogP contribution in [0.2, 0.25) is 0 Å². The second kappa shape index (κ2) is 7.91. The van der Waals surface area contributed by atoms with E-state index in [1.54, 1.807) is 6.26 Å². The van der Waals surface area contributed by atoms with Crippen molar-refractivity contribution < 1.29 is 27.9 Å². The molecule has 1 atom stereocenters. The molecule has 1 unspecified atom stereocenters. The molecule has 1 aliphatic heterocycles. The van der Waals surface area contributed by atoms with Crippen LogP contribution in [0, 0.1) is 0 Å². The van der Waals surface area contributed by atoms with Gasteiger partial charge in [-0.3, -0.25) is 9.59 Å². The number of amides is 1. The van der Waals surface area contributed by atoms with Crippen molar-refractivity contribution in [2.75, 3.05) is 6.26 Å². The zero-order valence-corrected chi connectivity index (χ0v) is 14.3. The standard InChI is InChI=1S/C14H12F3N3O3S2/c1-24-8-3-2-7(9(4-8)14(15,16)17)6-18-20-13-19-12(23)10(25-13)5-11(21)22/h2-4,6,10H,5H2,1H3,(H,21,22)(H,19,20,23). The maximum Gasteiger partial charge on any atom is 0.417 e. The molecule has 0 saturated carbocycles. The number of alkyl halides is 3. The average molecular weight is 391 g/mol. The lowest BCUT2D eigenvalue weighted by Gasteiger charge is -2.11. The fraction of sp³-hybridized carbons (Fsp3) is 0.286. The van der Waals surface area contributed by atoms with Crippen LogP contribution in [0.1, 0.15) is 17.5 Å². The van der Waals surface area contributed by atoms with Gasteiger partial charge in [0, 0.05) is 10.5 Å². The van der Waals surface area contributed by atoms with Crippen LogP contribution in [0.5, 0.6) is 0 Å². The van der Waals surface area contributed by atoms with Crippen LogP contribution < -0.4 is 5.32 Å². The van der Waals surface area contributed by atoms with Gasteiger partial charge in [0.25, 0.3) is 0 Å². The summed E-state index contributed by atoms with van der Waals surface area (Å²) in [6, 6.07) is 3.84. The molecule has 2 N–H and O–H groups in total. The van der Waals surface area contributed by atoms with Gasteiger partial charge in [-0.1, -0.05) is 17.8 Å². The van der Waals surface area contributed by atoms with Crippen molar-refractivity contribution in [2.24, 2.45) is 10.2 Å². The Labute approximate surface area is 149 Å². The summed E-state index contributed by atoms with van der Waals surface area (Å²) < 4.78 is 39.3. The third-order valence-electron chi connectivity index (χ3n) is 3.05. The van der Waals surface area contributed by atoms with E-state index < -0.39 is 28.9 Å². The minimum absolute atomic E-state index is 0.0433. The van der Waals surface area contributed by atoms with Gasteiger partial charge in [-0.2, -0.15) is 18.3 Å². The first-order valence-corrected chi connectivity index (χ1v) is 8.86. The summed E-state index contributed by atoms with van der Waals surface area (Å²) in [5.41, 5.74) is -0.999. The van der Waals surface area contributed by atoms with E-state index in [-0.39, 0.29) is 17.2 Å². The van der Waals surface area contributed by atoms with Crippen LogP contribution in [-0.2, 0) is 15.8 Å². The lowest BCUT2D eigenvalue weighted by atomic mass is 10.1. The zero-order chi connectivity index (χ0) is 18.6. The van der Waals surface area contributed by atoms with Gasteiger partial charge in [-0.25, -0.2) is 0 Å². The first-order chi connectivity index (χ1) is 11.7. The fourth-order valence-corrected chi connectivity index (χ4v) is 3.26. The number of amidine groups is 1. The summed E-state index contributed by atoms with van der Waals surface area (Å²) in [7, 11) is 0. The first-order valence-electron chi connectivity index (χ1n) is 6.76. The van der Waals surface area contributed by atoms with Crippen LogP contribution in [0.25, 0.3) is 0 Å². The number of nitrogens with zero attached hydrogens (tertiary/aromatic N) is 2. The van der Waals surface area contributed by atoms with Gasteiger partial charge < -0.3 is 10.4 Å². The van der Waals surface area contributed by atoms with Gasteiger partial charge in [-0.05, 0) is 18.4 Å². The summed E-state index contributed by atoms with van der Waals surface area (Å²) in [6.07, 6.45) is -2.31. The van der Waals surface area contributed by atoms with Crippen molar-refractivity contribution in [2.45, 2.75) is 22.7 Å². The summed E-state index contributed by atoms with van der Waals surface area (Å²) in [5, 5.41) is 17.4. The highest BCUT2D eigenvalue weighted by molar-refractivity contribution is 8.15. The maximum atomic E-state index is 13.1. The SMILES string of the molecule is CSc1ccc(C=NN=C2NC(=O)C(CC(=O)O)S2)c(C(F)(F)F)c1. The first kappa shape index (κ1) is 19.3. The number of carboxylic acid groups (broad SMARTS) is 1. The molecule has 2 rings (SSSR count). The average Bonchev–Trinajstić information content (AvgIpc) is 2.85. The number of nitrogens with one attached hydrogen (secondary N) is 1. The molecule has 0 aliphatic carbocycles. The van der Waals surface area contributed by atoms with Crippen molar-refractivity contribution >= 4 is 46.8 Å². The van der Waals surface area contributed by atoms with E-state index in [9.17, 15) is 22.8 Å². The van der Waals surface area contributed by atoms with Crippen LogP contribution >= 0.6 is 23.5 Å². The van der Waals surface area contributed by atoms with Gasteiger partial charge >= 0.3 is 12.1 Å². The second-order valence-corrected chi connectivity index (χ2v) is 6.87. The van der Waals surface area contributed by atoms with E-state index in [0.29, 0.717) is 4.90 Å². The molecular formula is C14H12F3N3O3S2. The van der Waals surface area contributed by atoms with Crippen molar-refractivity contribution in [3.8, 4) is 0 Å². The highest BCUT2D eigenvalue weighted by atomic mass is 32.2. The predicted octanol–water partition coefficient (Wildman–Crippen LogP) is 2.82. The Bertz CT molecular complexity index is 751. The molecule has 0 radical (unpaired) electrons. The largest absolute Gasteiger partial charge is 0.481 e. The van der Waals surface area contributed by atoms with Crippen molar-refractivity contribution in [3.05, 3.63) is 29.3 Å². The molecule has 134 valence electrons. The van der Waals surface area contributed by atoms with Crippen LogP contribution in [0.15, 0.2) is 33.3 Å². The maximum absolute atomic E-state index is 13.1. The number of aliphatic carboxylic acids is 1. The van der Waals surface area contributed by atoms with Crippen LogP contribution in [0.3, 0.4) is 0 Å². The number of benzene rings is 1. The molecule has 1 aliphatic rings. The van der Waals surface area contributed by atoms with E-state index in [0.717, 1.165) is 24.0 Å². The molecule has 1 fully saturated rings. The monoisotopic (exact) mass is 391 g/mol. The number of carbonyl (C=O) groups is 2. The molecule has 1 saturated heterocycles. The number of thioether (sulfide) groups is 2. The van der Waals surface area contributed by atoms with Gasteiger partial charge in [0.2, 0.25) is 5.91 Å².